The Hall–Kier alpha value is -1.20. The minimum Gasteiger partial charge on any atom is -0.435 e. The van der Waals surface area contributed by atoms with Crippen molar-refractivity contribution < 1.29 is 18.3 Å². The minimum absolute atomic E-state index is 0.0888. The molecule has 1 unspecified atom stereocenters. The Balaban J connectivity index is 1.91. The first-order valence-electron chi connectivity index (χ1n) is 7.34. The summed E-state index contributed by atoms with van der Waals surface area (Å²) in [5.41, 5.74) is 1.19. The molecule has 0 saturated carbocycles. The van der Waals surface area contributed by atoms with Crippen LogP contribution in [0.4, 0.5) is 8.78 Å². The zero-order valence-electron chi connectivity index (χ0n) is 12.6. The van der Waals surface area contributed by atoms with Crippen molar-refractivity contribution in [3.05, 3.63) is 29.8 Å². The molecule has 1 aliphatic rings. The van der Waals surface area contributed by atoms with Crippen LogP contribution in [0.5, 0.6) is 5.75 Å². The zero-order chi connectivity index (χ0) is 15.3. The van der Waals surface area contributed by atoms with Gasteiger partial charge < -0.3 is 14.8 Å². The van der Waals surface area contributed by atoms with E-state index in [0.717, 1.165) is 38.2 Å². The maximum Gasteiger partial charge on any atom is 0.387 e. The normalized spacial score (nSPS) is 19.5. The van der Waals surface area contributed by atoms with Crippen LogP contribution in [0.15, 0.2) is 24.3 Å². The molecule has 0 aliphatic carbocycles. The van der Waals surface area contributed by atoms with Gasteiger partial charge in [0.1, 0.15) is 5.75 Å². The van der Waals surface area contributed by atoms with Crippen LogP contribution in [-0.2, 0) is 4.74 Å². The van der Waals surface area contributed by atoms with Crippen LogP contribution in [0.3, 0.4) is 0 Å². The number of halogens is 2. The van der Waals surface area contributed by atoms with Gasteiger partial charge in [-0.25, -0.2) is 0 Å². The van der Waals surface area contributed by atoms with Crippen LogP contribution in [0.2, 0.25) is 0 Å². The Labute approximate surface area is 124 Å². The molecule has 2 rings (SSSR count). The lowest BCUT2D eigenvalue weighted by Crippen LogP contribution is -2.37. The Morgan fingerprint density at radius 3 is 2.71 bits per heavy atom. The van der Waals surface area contributed by atoms with E-state index in [1.165, 1.54) is 0 Å². The monoisotopic (exact) mass is 299 g/mol. The summed E-state index contributed by atoms with van der Waals surface area (Å²) >= 11 is 0. The van der Waals surface area contributed by atoms with Gasteiger partial charge >= 0.3 is 6.61 Å². The second-order valence-electron chi connectivity index (χ2n) is 5.98. The van der Waals surface area contributed by atoms with Gasteiger partial charge in [-0.05, 0) is 42.9 Å². The average molecular weight is 299 g/mol. The van der Waals surface area contributed by atoms with Gasteiger partial charge in [-0.2, -0.15) is 8.78 Å². The van der Waals surface area contributed by atoms with Gasteiger partial charge in [0.2, 0.25) is 0 Å². The maximum atomic E-state index is 12.2. The molecule has 1 aromatic carbocycles. The third-order valence-corrected chi connectivity index (χ3v) is 4.12. The highest BCUT2D eigenvalue weighted by molar-refractivity contribution is 5.30. The highest BCUT2D eigenvalue weighted by atomic mass is 19.3. The summed E-state index contributed by atoms with van der Waals surface area (Å²) in [5, 5.41) is 3.49. The Morgan fingerprint density at radius 1 is 1.33 bits per heavy atom. The molecular weight excluding hydrogens is 276 g/mol. The molecule has 5 heteroatoms. The second-order valence-corrected chi connectivity index (χ2v) is 5.98. The van der Waals surface area contributed by atoms with E-state index in [0.29, 0.717) is 0 Å². The Morgan fingerprint density at radius 2 is 2.05 bits per heavy atom. The van der Waals surface area contributed by atoms with E-state index < -0.39 is 6.61 Å². The first-order chi connectivity index (χ1) is 9.98. The van der Waals surface area contributed by atoms with E-state index in [2.05, 4.69) is 17.0 Å². The van der Waals surface area contributed by atoms with Gasteiger partial charge in [0.15, 0.2) is 0 Å². The first kappa shape index (κ1) is 16.2. The SMILES string of the molecule is CC(NCC1(C)CCOCC1)c1cccc(OC(F)F)c1. The molecule has 1 fully saturated rings. The van der Waals surface area contributed by atoms with Crippen LogP contribution >= 0.6 is 0 Å². The van der Waals surface area contributed by atoms with E-state index in [4.69, 9.17) is 4.74 Å². The van der Waals surface area contributed by atoms with Crippen LogP contribution < -0.4 is 10.1 Å². The molecule has 1 aromatic rings. The van der Waals surface area contributed by atoms with Crippen molar-refractivity contribution in [2.24, 2.45) is 5.41 Å². The molecule has 118 valence electrons. The fourth-order valence-electron chi connectivity index (χ4n) is 2.52. The summed E-state index contributed by atoms with van der Waals surface area (Å²) in [4.78, 5) is 0. The molecular formula is C16H23F2NO2. The third kappa shape index (κ3) is 4.93. The van der Waals surface area contributed by atoms with E-state index in [1.807, 2.05) is 13.0 Å². The summed E-state index contributed by atoms with van der Waals surface area (Å²) in [5.74, 6) is 0.202. The van der Waals surface area contributed by atoms with Gasteiger partial charge in [0.05, 0.1) is 0 Å². The Kier molecular flexibility index (Phi) is 5.53. The molecule has 0 amide bonds. The number of hydrogen-bond acceptors (Lipinski definition) is 3. The predicted molar refractivity (Wildman–Crippen MR) is 77.7 cm³/mol. The summed E-state index contributed by atoms with van der Waals surface area (Å²) in [6.07, 6.45) is 2.09. The third-order valence-electron chi connectivity index (χ3n) is 4.12. The molecule has 0 spiro atoms. The number of ether oxygens (including phenoxy) is 2. The molecule has 0 radical (unpaired) electrons. The van der Waals surface area contributed by atoms with Crippen molar-refractivity contribution in [1.82, 2.24) is 5.32 Å². The topological polar surface area (TPSA) is 30.5 Å². The van der Waals surface area contributed by atoms with Crippen molar-refractivity contribution in [2.45, 2.75) is 39.3 Å². The number of rotatable bonds is 6. The van der Waals surface area contributed by atoms with Crippen LogP contribution in [-0.4, -0.2) is 26.4 Å². The molecule has 0 aromatic heterocycles. The molecule has 21 heavy (non-hydrogen) atoms. The Bertz CT molecular complexity index is 448. The first-order valence-corrected chi connectivity index (χ1v) is 7.34. The van der Waals surface area contributed by atoms with Gasteiger partial charge in [0, 0.05) is 25.8 Å². The van der Waals surface area contributed by atoms with Gasteiger partial charge in [0.25, 0.3) is 0 Å². The van der Waals surface area contributed by atoms with Gasteiger partial charge in [-0.3, -0.25) is 0 Å². The molecule has 1 N–H and O–H groups in total. The summed E-state index contributed by atoms with van der Waals surface area (Å²) in [6, 6.07) is 6.95. The van der Waals surface area contributed by atoms with Crippen molar-refractivity contribution in [3.63, 3.8) is 0 Å². The van der Waals surface area contributed by atoms with E-state index in [1.54, 1.807) is 18.2 Å². The smallest absolute Gasteiger partial charge is 0.387 e. The average Bonchev–Trinajstić information content (AvgIpc) is 2.45. The highest BCUT2D eigenvalue weighted by Gasteiger charge is 2.27. The summed E-state index contributed by atoms with van der Waals surface area (Å²) < 4.78 is 34.3. The second kappa shape index (κ2) is 7.18. The molecule has 3 nitrogen and oxygen atoms in total. The quantitative estimate of drug-likeness (QED) is 0.867. The standard InChI is InChI=1S/C16H23F2NO2/c1-12(19-11-16(2)6-8-20-9-7-16)13-4-3-5-14(10-13)21-15(17)18/h3-5,10,12,15,19H,6-9,11H2,1-2H3. The van der Waals surface area contributed by atoms with E-state index in [-0.39, 0.29) is 17.2 Å². The molecule has 0 bridgehead atoms. The molecule has 1 aliphatic heterocycles. The predicted octanol–water partition coefficient (Wildman–Crippen LogP) is 3.76. The van der Waals surface area contributed by atoms with Crippen LogP contribution in [0, 0.1) is 5.41 Å². The number of alkyl halides is 2. The zero-order valence-corrected chi connectivity index (χ0v) is 12.6. The van der Waals surface area contributed by atoms with E-state index >= 15 is 0 Å². The van der Waals surface area contributed by atoms with Crippen molar-refractivity contribution in [2.75, 3.05) is 19.8 Å². The summed E-state index contributed by atoms with van der Waals surface area (Å²) in [6.45, 7) is 4.01. The lowest BCUT2D eigenvalue weighted by atomic mass is 9.82. The van der Waals surface area contributed by atoms with Gasteiger partial charge in [-0.15, -0.1) is 0 Å². The van der Waals surface area contributed by atoms with Crippen LogP contribution in [0.1, 0.15) is 38.3 Å². The fraction of sp³-hybridized carbons (Fsp3) is 0.625. The maximum absolute atomic E-state index is 12.2. The number of hydrogen-bond donors (Lipinski definition) is 1. The number of benzene rings is 1. The van der Waals surface area contributed by atoms with Crippen LogP contribution in [0.25, 0.3) is 0 Å². The van der Waals surface area contributed by atoms with Crippen molar-refractivity contribution in [1.29, 1.82) is 0 Å². The molecule has 1 heterocycles. The highest BCUT2D eigenvalue weighted by Crippen LogP contribution is 2.30. The lowest BCUT2D eigenvalue weighted by molar-refractivity contribution is -0.0499. The van der Waals surface area contributed by atoms with E-state index in [9.17, 15) is 8.78 Å². The van der Waals surface area contributed by atoms with Gasteiger partial charge in [-0.1, -0.05) is 19.1 Å². The molecule has 1 atom stereocenters. The fourth-order valence-corrected chi connectivity index (χ4v) is 2.52. The van der Waals surface area contributed by atoms with Crippen molar-refractivity contribution in [3.8, 4) is 5.75 Å². The largest absolute Gasteiger partial charge is 0.435 e. The van der Waals surface area contributed by atoms with Crippen molar-refractivity contribution >= 4 is 0 Å². The summed E-state index contributed by atoms with van der Waals surface area (Å²) in [7, 11) is 0. The number of nitrogens with one attached hydrogen (secondary N) is 1. The molecule has 1 saturated heterocycles. The lowest BCUT2D eigenvalue weighted by Gasteiger charge is -2.34. The minimum atomic E-state index is -2.79.